The molecule has 0 aromatic heterocycles. The molecule has 0 bridgehead atoms. The number of nitrogens with zero attached hydrogens (tertiary/aromatic N) is 1. The number of ether oxygens (including phenoxy) is 1. The standard InChI is InChI=1S/C23H30N2O4S/c1-25(17-19-11-7-4-8-12-19)30(27,28)22-15-20(13-14-21(22)29-2)23(26)24-16-18-9-5-3-6-10-18/h4,7-8,11-15,18H,3,5-6,9-10,16-17H2,1-2H3,(H,24,26). The minimum absolute atomic E-state index is 0.00579. The summed E-state index contributed by atoms with van der Waals surface area (Å²) in [7, 11) is -0.893. The first-order valence-electron chi connectivity index (χ1n) is 10.4. The summed E-state index contributed by atoms with van der Waals surface area (Å²) in [4.78, 5) is 12.7. The summed E-state index contributed by atoms with van der Waals surface area (Å²) >= 11 is 0. The van der Waals surface area contributed by atoms with Crippen molar-refractivity contribution in [2.24, 2.45) is 5.92 Å². The Morgan fingerprint density at radius 2 is 1.80 bits per heavy atom. The van der Waals surface area contributed by atoms with Gasteiger partial charge in [0.1, 0.15) is 10.6 Å². The molecule has 2 aromatic rings. The smallest absolute Gasteiger partial charge is 0.251 e. The normalized spacial score (nSPS) is 15.2. The molecule has 1 N–H and O–H groups in total. The van der Waals surface area contributed by atoms with Crippen molar-refractivity contribution in [1.82, 2.24) is 9.62 Å². The lowest BCUT2D eigenvalue weighted by Crippen LogP contribution is -2.31. The third-order valence-electron chi connectivity index (χ3n) is 5.64. The maximum absolute atomic E-state index is 13.2. The van der Waals surface area contributed by atoms with Crippen LogP contribution in [-0.4, -0.2) is 39.3 Å². The predicted octanol–water partition coefficient (Wildman–Crippen LogP) is 3.83. The lowest BCUT2D eigenvalue weighted by atomic mass is 9.89. The van der Waals surface area contributed by atoms with E-state index in [4.69, 9.17) is 4.74 Å². The van der Waals surface area contributed by atoms with E-state index in [9.17, 15) is 13.2 Å². The monoisotopic (exact) mass is 430 g/mol. The first kappa shape index (κ1) is 22.3. The molecule has 6 nitrogen and oxygen atoms in total. The van der Waals surface area contributed by atoms with Crippen molar-refractivity contribution in [3.05, 3.63) is 59.7 Å². The third kappa shape index (κ3) is 5.40. The van der Waals surface area contributed by atoms with Crippen LogP contribution in [0.15, 0.2) is 53.4 Å². The Hall–Kier alpha value is -2.38. The van der Waals surface area contributed by atoms with E-state index < -0.39 is 10.0 Å². The lowest BCUT2D eigenvalue weighted by molar-refractivity contribution is 0.0943. The molecular formula is C23H30N2O4S. The summed E-state index contributed by atoms with van der Waals surface area (Å²) in [6.07, 6.45) is 5.94. The number of rotatable bonds is 8. The quantitative estimate of drug-likeness (QED) is 0.691. The summed E-state index contributed by atoms with van der Waals surface area (Å²) in [6.45, 7) is 0.852. The van der Waals surface area contributed by atoms with Crippen LogP contribution >= 0.6 is 0 Å². The second kappa shape index (κ2) is 10.1. The minimum atomic E-state index is -3.84. The predicted molar refractivity (Wildman–Crippen MR) is 117 cm³/mol. The van der Waals surface area contributed by atoms with Gasteiger partial charge in [-0.15, -0.1) is 0 Å². The average molecular weight is 431 g/mol. The van der Waals surface area contributed by atoms with Gasteiger partial charge >= 0.3 is 0 Å². The molecule has 162 valence electrons. The van der Waals surface area contributed by atoms with Crippen LogP contribution in [0.5, 0.6) is 5.75 Å². The van der Waals surface area contributed by atoms with E-state index in [1.807, 2.05) is 30.3 Å². The number of amides is 1. The second-order valence-electron chi connectivity index (χ2n) is 7.83. The van der Waals surface area contributed by atoms with Crippen molar-refractivity contribution < 1.29 is 17.9 Å². The van der Waals surface area contributed by atoms with Crippen LogP contribution in [0.4, 0.5) is 0 Å². The minimum Gasteiger partial charge on any atom is -0.495 e. The second-order valence-corrected chi connectivity index (χ2v) is 9.84. The number of nitrogens with one attached hydrogen (secondary N) is 1. The summed E-state index contributed by atoms with van der Waals surface area (Å²) in [6, 6.07) is 13.9. The van der Waals surface area contributed by atoms with Crippen LogP contribution in [0, 0.1) is 5.92 Å². The summed E-state index contributed by atoms with van der Waals surface area (Å²) in [5, 5.41) is 2.97. The molecule has 0 heterocycles. The van der Waals surface area contributed by atoms with E-state index in [2.05, 4.69) is 5.32 Å². The fourth-order valence-electron chi connectivity index (χ4n) is 3.84. The topological polar surface area (TPSA) is 75.7 Å². The first-order chi connectivity index (χ1) is 14.4. The highest BCUT2D eigenvalue weighted by molar-refractivity contribution is 7.89. The Morgan fingerprint density at radius 3 is 2.47 bits per heavy atom. The first-order valence-corrected chi connectivity index (χ1v) is 11.8. The number of methoxy groups -OCH3 is 1. The molecule has 1 amide bonds. The van der Waals surface area contributed by atoms with Gasteiger partial charge in [0.25, 0.3) is 5.91 Å². The fraction of sp³-hybridized carbons (Fsp3) is 0.435. The highest BCUT2D eigenvalue weighted by Crippen LogP contribution is 2.28. The Kier molecular flexibility index (Phi) is 7.50. The zero-order valence-corrected chi connectivity index (χ0v) is 18.5. The lowest BCUT2D eigenvalue weighted by Gasteiger charge is -2.22. The Bertz CT molecular complexity index is 954. The Labute approximate surface area is 179 Å². The van der Waals surface area contributed by atoms with E-state index >= 15 is 0 Å². The van der Waals surface area contributed by atoms with Gasteiger partial charge in [-0.25, -0.2) is 8.42 Å². The highest BCUT2D eigenvalue weighted by Gasteiger charge is 2.26. The third-order valence-corrected chi connectivity index (χ3v) is 7.46. The molecule has 1 aliphatic rings. The van der Waals surface area contributed by atoms with Crippen LogP contribution in [0.1, 0.15) is 48.0 Å². The molecule has 0 spiro atoms. The van der Waals surface area contributed by atoms with Crippen molar-refractivity contribution >= 4 is 15.9 Å². The maximum Gasteiger partial charge on any atom is 0.251 e. The largest absolute Gasteiger partial charge is 0.495 e. The van der Waals surface area contributed by atoms with Crippen molar-refractivity contribution in [3.63, 3.8) is 0 Å². The number of benzene rings is 2. The van der Waals surface area contributed by atoms with E-state index in [-0.39, 0.29) is 23.1 Å². The zero-order valence-electron chi connectivity index (χ0n) is 17.6. The Balaban J connectivity index is 1.78. The van der Waals surface area contributed by atoms with Gasteiger partial charge in [0.05, 0.1) is 7.11 Å². The maximum atomic E-state index is 13.2. The number of sulfonamides is 1. The molecule has 1 fully saturated rings. The molecule has 0 atom stereocenters. The van der Waals surface area contributed by atoms with Gasteiger partial charge in [0.15, 0.2) is 0 Å². The zero-order chi connectivity index (χ0) is 21.6. The molecule has 3 rings (SSSR count). The highest BCUT2D eigenvalue weighted by atomic mass is 32.2. The Morgan fingerprint density at radius 1 is 1.10 bits per heavy atom. The molecule has 0 saturated heterocycles. The SMILES string of the molecule is COc1ccc(C(=O)NCC2CCCCC2)cc1S(=O)(=O)N(C)Cc1ccccc1. The molecule has 2 aromatic carbocycles. The molecule has 7 heteroatoms. The van der Waals surface area contributed by atoms with Crippen molar-refractivity contribution in [2.75, 3.05) is 20.7 Å². The average Bonchev–Trinajstić information content (AvgIpc) is 2.78. The molecule has 30 heavy (non-hydrogen) atoms. The number of carbonyl (C=O) groups excluding carboxylic acids is 1. The molecule has 1 saturated carbocycles. The van der Waals surface area contributed by atoms with Crippen LogP contribution in [-0.2, 0) is 16.6 Å². The number of hydrogen-bond acceptors (Lipinski definition) is 4. The van der Waals surface area contributed by atoms with E-state index in [0.29, 0.717) is 18.0 Å². The van der Waals surface area contributed by atoms with Gasteiger partial charge in [-0.2, -0.15) is 4.31 Å². The van der Waals surface area contributed by atoms with Crippen LogP contribution in [0.3, 0.4) is 0 Å². The van der Waals surface area contributed by atoms with Crippen LogP contribution in [0.2, 0.25) is 0 Å². The van der Waals surface area contributed by atoms with Gasteiger partial charge in [-0.05, 0) is 42.5 Å². The fourth-order valence-corrected chi connectivity index (χ4v) is 5.18. The van der Waals surface area contributed by atoms with Gasteiger partial charge in [0, 0.05) is 25.7 Å². The van der Waals surface area contributed by atoms with Crippen LogP contribution in [0.25, 0.3) is 0 Å². The molecule has 0 radical (unpaired) electrons. The summed E-state index contributed by atoms with van der Waals surface area (Å²) < 4.78 is 33.0. The van der Waals surface area contributed by atoms with Gasteiger partial charge in [0.2, 0.25) is 10.0 Å². The molecule has 0 unspecified atom stereocenters. The molecule has 0 aliphatic heterocycles. The van der Waals surface area contributed by atoms with Gasteiger partial charge in [-0.1, -0.05) is 49.6 Å². The molecule has 1 aliphatic carbocycles. The number of carbonyl (C=O) groups is 1. The number of hydrogen-bond donors (Lipinski definition) is 1. The van der Waals surface area contributed by atoms with Gasteiger partial charge < -0.3 is 10.1 Å². The van der Waals surface area contributed by atoms with E-state index in [1.165, 1.54) is 43.8 Å². The summed E-state index contributed by atoms with van der Waals surface area (Å²) in [5.74, 6) is 0.463. The van der Waals surface area contributed by atoms with E-state index in [1.54, 1.807) is 12.1 Å². The van der Waals surface area contributed by atoms with Crippen molar-refractivity contribution in [1.29, 1.82) is 0 Å². The van der Waals surface area contributed by atoms with Gasteiger partial charge in [-0.3, -0.25) is 4.79 Å². The van der Waals surface area contributed by atoms with Crippen molar-refractivity contribution in [2.45, 2.75) is 43.5 Å². The van der Waals surface area contributed by atoms with E-state index in [0.717, 1.165) is 18.4 Å². The summed E-state index contributed by atoms with van der Waals surface area (Å²) in [5.41, 5.74) is 1.20. The van der Waals surface area contributed by atoms with Crippen LogP contribution < -0.4 is 10.1 Å². The van der Waals surface area contributed by atoms with Crippen molar-refractivity contribution in [3.8, 4) is 5.75 Å². The molecular weight excluding hydrogens is 400 g/mol.